The van der Waals surface area contributed by atoms with Gasteiger partial charge in [0, 0.05) is 6.20 Å². The molecule has 5 nitrogen and oxygen atoms in total. The number of nitrogens with zero attached hydrogens (tertiary/aromatic N) is 2. The number of nitriles is 1. The van der Waals surface area contributed by atoms with Crippen LogP contribution >= 0.6 is 0 Å². The molecule has 0 saturated carbocycles. The van der Waals surface area contributed by atoms with E-state index in [2.05, 4.69) is 21.7 Å². The molecule has 0 spiro atoms. The monoisotopic (exact) mass is 336 g/mol. The number of benzene rings is 1. The molecule has 1 amide bonds. The molecule has 0 aliphatic carbocycles. The summed E-state index contributed by atoms with van der Waals surface area (Å²) in [6.07, 6.45) is 1.73. The molecule has 0 saturated heterocycles. The topological polar surface area (TPSA) is 77.8 Å². The molecule has 0 aliphatic heterocycles. The minimum absolute atomic E-state index is 0.0159. The predicted octanol–water partition coefficient (Wildman–Crippen LogP) is 2.82. The summed E-state index contributed by atoms with van der Waals surface area (Å²) in [5.74, 6) is -0.197. The second kappa shape index (κ2) is 8.41. The van der Waals surface area contributed by atoms with Gasteiger partial charge in [0.1, 0.15) is 5.54 Å². The van der Waals surface area contributed by atoms with Crippen molar-refractivity contribution in [3.05, 3.63) is 66.0 Å². The number of amides is 1. The molecule has 2 N–H and O–H groups in total. The van der Waals surface area contributed by atoms with Crippen molar-refractivity contribution in [1.82, 2.24) is 15.6 Å². The summed E-state index contributed by atoms with van der Waals surface area (Å²) in [6, 6.07) is 17.6. The third-order valence-electron chi connectivity index (χ3n) is 4.37. The summed E-state index contributed by atoms with van der Waals surface area (Å²) in [5.41, 5.74) is 0.987. The zero-order chi connectivity index (χ0) is 18.3. The second-order valence-corrected chi connectivity index (χ2v) is 6.50. The molecule has 0 bridgehead atoms. The van der Waals surface area contributed by atoms with E-state index in [9.17, 15) is 10.1 Å². The highest BCUT2D eigenvalue weighted by Gasteiger charge is 2.30. The molecule has 2 atom stereocenters. The number of carbonyl (C=O) groups is 1. The third-order valence-corrected chi connectivity index (χ3v) is 4.37. The molecule has 0 fully saturated rings. The molecule has 1 heterocycles. The number of rotatable bonds is 7. The van der Waals surface area contributed by atoms with E-state index < -0.39 is 5.54 Å². The number of hydrogen-bond donors (Lipinski definition) is 2. The van der Waals surface area contributed by atoms with Crippen LogP contribution < -0.4 is 10.6 Å². The highest BCUT2D eigenvalue weighted by atomic mass is 16.2. The Balaban J connectivity index is 2.11. The van der Waals surface area contributed by atoms with Gasteiger partial charge in [-0.3, -0.25) is 15.1 Å². The third kappa shape index (κ3) is 4.88. The summed E-state index contributed by atoms with van der Waals surface area (Å²) in [5, 5.41) is 15.4. The molecule has 0 unspecified atom stereocenters. The van der Waals surface area contributed by atoms with Crippen LogP contribution in [0.15, 0.2) is 54.7 Å². The Morgan fingerprint density at radius 1 is 1.20 bits per heavy atom. The number of pyridine rings is 1. The maximum absolute atomic E-state index is 12.3. The molecular weight excluding hydrogens is 312 g/mol. The summed E-state index contributed by atoms with van der Waals surface area (Å²) >= 11 is 0. The molecule has 0 radical (unpaired) electrons. The van der Waals surface area contributed by atoms with Gasteiger partial charge in [-0.1, -0.05) is 50.2 Å². The van der Waals surface area contributed by atoms with Crippen molar-refractivity contribution in [3.63, 3.8) is 0 Å². The fourth-order valence-corrected chi connectivity index (χ4v) is 2.42. The van der Waals surface area contributed by atoms with Gasteiger partial charge in [-0.2, -0.15) is 5.26 Å². The van der Waals surface area contributed by atoms with Gasteiger partial charge >= 0.3 is 0 Å². The molecule has 1 aromatic heterocycles. The van der Waals surface area contributed by atoms with Crippen molar-refractivity contribution >= 4 is 5.91 Å². The van der Waals surface area contributed by atoms with E-state index in [0.717, 1.165) is 11.3 Å². The second-order valence-electron chi connectivity index (χ2n) is 6.50. The van der Waals surface area contributed by atoms with Crippen molar-refractivity contribution in [2.45, 2.75) is 32.4 Å². The first-order valence-corrected chi connectivity index (χ1v) is 8.38. The molecule has 2 aromatic rings. The van der Waals surface area contributed by atoms with Gasteiger partial charge < -0.3 is 5.32 Å². The quantitative estimate of drug-likeness (QED) is 0.815. The Kier molecular flexibility index (Phi) is 6.26. The van der Waals surface area contributed by atoms with Crippen LogP contribution in [0.2, 0.25) is 0 Å². The lowest BCUT2D eigenvalue weighted by molar-refractivity contribution is -0.121. The van der Waals surface area contributed by atoms with Crippen LogP contribution in [-0.4, -0.2) is 23.0 Å². The first-order chi connectivity index (χ1) is 12.0. The van der Waals surface area contributed by atoms with Crippen molar-refractivity contribution in [2.75, 3.05) is 6.54 Å². The molecular formula is C20H24N4O. The Bertz CT molecular complexity index is 685. The normalized spacial score (nSPS) is 14.4. The van der Waals surface area contributed by atoms with E-state index in [0.29, 0.717) is 0 Å². The van der Waals surface area contributed by atoms with E-state index in [4.69, 9.17) is 0 Å². The Morgan fingerprint density at radius 2 is 1.88 bits per heavy atom. The van der Waals surface area contributed by atoms with E-state index in [1.807, 2.05) is 62.4 Å². The highest BCUT2D eigenvalue weighted by Crippen LogP contribution is 2.20. The average Bonchev–Trinajstić information content (AvgIpc) is 2.63. The fourth-order valence-electron chi connectivity index (χ4n) is 2.42. The number of carbonyl (C=O) groups excluding carboxylic acids is 1. The van der Waals surface area contributed by atoms with Gasteiger partial charge in [-0.25, -0.2) is 0 Å². The van der Waals surface area contributed by atoms with Gasteiger partial charge in [0.25, 0.3) is 0 Å². The van der Waals surface area contributed by atoms with Crippen molar-refractivity contribution in [2.24, 2.45) is 5.92 Å². The van der Waals surface area contributed by atoms with Crippen molar-refractivity contribution in [3.8, 4) is 6.07 Å². The van der Waals surface area contributed by atoms with Crippen molar-refractivity contribution in [1.29, 1.82) is 5.26 Å². The van der Waals surface area contributed by atoms with Gasteiger partial charge in [-0.15, -0.1) is 0 Å². The Hall–Kier alpha value is -2.71. The zero-order valence-corrected chi connectivity index (χ0v) is 14.9. The standard InChI is InChI=1S/C20H24N4O/c1-15(2)20(3,14-21)24-18(25)13-23-19(16-9-5-4-6-10-16)17-11-7-8-12-22-17/h4-12,15,19,23H,13H2,1-3H3,(H,24,25)/t19-,20-/m1/s1. The zero-order valence-electron chi connectivity index (χ0n) is 14.9. The fraction of sp³-hybridized carbons (Fsp3) is 0.350. The molecule has 1 aromatic carbocycles. The molecule has 130 valence electrons. The van der Waals surface area contributed by atoms with Crippen LogP contribution in [0.5, 0.6) is 0 Å². The van der Waals surface area contributed by atoms with Crippen molar-refractivity contribution < 1.29 is 4.79 Å². The highest BCUT2D eigenvalue weighted by molar-refractivity contribution is 5.79. The average molecular weight is 336 g/mol. The van der Waals surface area contributed by atoms with Crippen LogP contribution in [0.25, 0.3) is 0 Å². The Morgan fingerprint density at radius 3 is 2.44 bits per heavy atom. The Labute approximate surface area is 149 Å². The molecule has 2 rings (SSSR count). The van der Waals surface area contributed by atoms with Crippen LogP contribution in [0, 0.1) is 17.2 Å². The lowest BCUT2D eigenvalue weighted by Gasteiger charge is -2.28. The lowest BCUT2D eigenvalue weighted by atomic mass is 9.90. The van der Waals surface area contributed by atoms with Crippen LogP contribution in [0.1, 0.15) is 38.1 Å². The predicted molar refractivity (Wildman–Crippen MR) is 97.5 cm³/mol. The minimum atomic E-state index is -0.883. The smallest absolute Gasteiger partial charge is 0.235 e. The lowest BCUT2D eigenvalue weighted by Crippen LogP contribution is -2.51. The van der Waals surface area contributed by atoms with Gasteiger partial charge in [0.05, 0.1) is 24.3 Å². The van der Waals surface area contributed by atoms with Crippen LogP contribution in [-0.2, 0) is 4.79 Å². The number of hydrogen-bond acceptors (Lipinski definition) is 4. The molecule has 0 aliphatic rings. The van der Waals surface area contributed by atoms with E-state index >= 15 is 0 Å². The largest absolute Gasteiger partial charge is 0.337 e. The first-order valence-electron chi connectivity index (χ1n) is 8.38. The van der Waals surface area contributed by atoms with Crippen LogP contribution in [0.3, 0.4) is 0 Å². The maximum atomic E-state index is 12.3. The number of aromatic nitrogens is 1. The summed E-state index contributed by atoms with van der Waals surface area (Å²) in [4.78, 5) is 16.7. The SMILES string of the molecule is CC(C)[C@@](C)(C#N)NC(=O)CN[C@H](c1ccccc1)c1ccccn1. The van der Waals surface area contributed by atoms with E-state index in [1.165, 1.54) is 0 Å². The summed E-state index contributed by atoms with van der Waals surface area (Å²) in [7, 11) is 0. The molecule has 5 heteroatoms. The van der Waals surface area contributed by atoms with Gasteiger partial charge in [0.2, 0.25) is 5.91 Å². The van der Waals surface area contributed by atoms with Crippen LogP contribution in [0.4, 0.5) is 0 Å². The summed E-state index contributed by atoms with van der Waals surface area (Å²) in [6.45, 7) is 5.66. The van der Waals surface area contributed by atoms with E-state index in [-0.39, 0.29) is 24.4 Å². The summed E-state index contributed by atoms with van der Waals surface area (Å²) < 4.78 is 0. The first kappa shape index (κ1) is 18.6. The maximum Gasteiger partial charge on any atom is 0.235 e. The number of nitrogens with one attached hydrogen (secondary N) is 2. The van der Waals surface area contributed by atoms with Gasteiger partial charge in [0.15, 0.2) is 0 Å². The minimum Gasteiger partial charge on any atom is -0.337 e. The molecule has 25 heavy (non-hydrogen) atoms. The van der Waals surface area contributed by atoms with Gasteiger partial charge in [-0.05, 0) is 30.5 Å². The van der Waals surface area contributed by atoms with E-state index in [1.54, 1.807) is 13.1 Å².